The number of benzene rings is 1. The lowest BCUT2D eigenvalue weighted by Crippen LogP contribution is -2.36. The molecule has 0 aliphatic heterocycles. The van der Waals surface area contributed by atoms with Gasteiger partial charge in [0.25, 0.3) is 0 Å². The van der Waals surface area contributed by atoms with Crippen molar-refractivity contribution >= 4 is 22.4 Å². The topological polar surface area (TPSA) is 71.0 Å². The predicted octanol–water partition coefficient (Wildman–Crippen LogP) is 2.68. The first-order valence-corrected chi connectivity index (χ1v) is 8.99. The number of aromatic nitrogens is 1. The van der Waals surface area contributed by atoms with Crippen molar-refractivity contribution in [1.29, 1.82) is 0 Å². The van der Waals surface area contributed by atoms with Gasteiger partial charge in [-0.05, 0) is 18.2 Å². The molecule has 1 heterocycles. The van der Waals surface area contributed by atoms with Gasteiger partial charge in [-0.2, -0.15) is 8.78 Å². The van der Waals surface area contributed by atoms with E-state index >= 15 is 0 Å². The smallest absolute Gasteiger partial charge is 0.387 e. The van der Waals surface area contributed by atoms with Gasteiger partial charge in [0.15, 0.2) is 11.1 Å². The van der Waals surface area contributed by atoms with E-state index in [1.54, 1.807) is 30.5 Å². The maximum Gasteiger partial charge on any atom is 0.387 e. The summed E-state index contributed by atoms with van der Waals surface area (Å²) < 4.78 is 34.9. The molecule has 0 aliphatic rings. The van der Waals surface area contributed by atoms with Gasteiger partial charge >= 0.3 is 6.61 Å². The minimum atomic E-state index is -2.90. The molecule has 148 valence electrons. The molecule has 0 aliphatic carbocycles. The summed E-state index contributed by atoms with van der Waals surface area (Å²) in [6, 6.07) is 4.66. The standard InChI is InChI=1S/C17H23F2N5O2S/c1-20-16(22-9-12-10-27-17(23-12)24(2)3)21-8-11-7-13(25-4)5-6-14(11)26-15(18)19/h5-7,10,15H,8-9H2,1-4H3,(H2,20,21,22). The van der Waals surface area contributed by atoms with Gasteiger partial charge in [-0.3, -0.25) is 4.99 Å². The monoisotopic (exact) mass is 399 g/mol. The van der Waals surface area contributed by atoms with Crippen LogP contribution in [0.2, 0.25) is 0 Å². The van der Waals surface area contributed by atoms with E-state index < -0.39 is 6.61 Å². The third kappa shape index (κ3) is 6.24. The number of guanidine groups is 1. The molecule has 27 heavy (non-hydrogen) atoms. The molecule has 1 aromatic carbocycles. The van der Waals surface area contributed by atoms with Crippen LogP contribution in [0.4, 0.5) is 13.9 Å². The number of halogens is 2. The van der Waals surface area contributed by atoms with Crippen LogP contribution in [0.25, 0.3) is 0 Å². The Hall–Kier alpha value is -2.62. The molecule has 0 radical (unpaired) electrons. The second kappa shape index (κ2) is 9.91. The Labute approximate surface area is 161 Å². The fourth-order valence-electron chi connectivity index (χ4n) is 2.19. The van der Waals surface area contributed by atoms with Crippen LogP contribution in [0.15, 0.2) is 28.6 Å². The summed E-state index contributed by atoms with van der Waals surface area (Å²) in [5, 5.41) is 9.10. The van der Waals surface area contributed by atoms with Gasteiger partial charge in [-0.1, -0.05) is 0 Å². The molecule has 0 atom stereocenters. The van der Waals surface area contributed by atoms with E-state index in [0.717, 1.165) is 10.8 Å². The van der Waals surface area contributed by atoms with Crippen molar-refractivity contribution in [2.24, 2.45) is 4.99 Å². The van der Waals surface area contributed by atoms with Crippen LogP contribution in [-0.2, 0) is 13.1 Å². The highest BCUT2D eigenvalue weighted by atomic mass is 32.1. The number of anilines is 1. The van der Waals surface area contributed by atoms with Crippen molar-refractivity contribution in [3.05, 3.63) is 34.8 Å². The zero-order chi connectivity index (χ0) is 19.8. The Morgan fingerprint density at radius 2 is 2.04 bits per heavy atom. The second-order valence-corrected chi connectivity index (χ2v) is 6.48. The fourth-order valence-corrected chi connectivity index (χ4v) is 2.95. The van der Waals surface area contributed by atoms with Crippen LogP contribution in [0.1, 0.15) is 11.3 Å². The van der Waals surface area contributed by atoms with E-state index in [0.29, 0.717) is 23.8 Å². The van der Waals surface area contributed by atoms with E-state index in [1.807, 2.05) is 24.4 Å². The van der Waals surface area contributed by atoms with Gasteiger partial charge in [0.2, 0.25) is 0 Å². The molecule has 0 amide bonds. The van der Waals surface area contributed by atoms with Gasteiger partial charge < -0.3 is 25.0 Å². The van der Waals surface area contributed by atoms with E-state index in [4.69, 9.17) is 4.74 Å². The molecule has 0 unspecified atom stereocenters. The maximum atomic E-state index is 12.6. The van der Waals surface area contributed by atoms with Crippen LogP contribution in [0, 0.1) is 0 Å². The van der Waals surface area contributed by atoms with E-state index in [-0.39, 0.29) is 12.3 Å². The largest absolute Gasteiger partial charge is 0.497 e. The number of hydrogen-bond donors (Lipinski definition) is 2. The van der Waals surface area contributed by atoms with E-state index in [9.17, 15) is 8.78 Å². The molecule has 0 bridgehead atoms. The number of methoxy groups -OCH3 is 1. The number of hydrogen-bond acceptors (Lipinski definition) is 6. The molecule has 0 spiro atoms. The predicted molar refractivity (Wildman–Crippen MR) is 103 cm³/mol. The van der Waals surface area contributed by atoms with Crippen molar-refractivity contribution in [3.8, 4) is 11.5 Å². The number of alkyl halides is 2. The first-order chi connectivity index (χ1) is 12.9. The lowest BCUT2D eigenvalue weighted by atomic mass is 10.2. The van der Waals surface area contributed by atoms with Crippen LogP contribution in [0.5, 0.6) is 11.5 Å². The summed E-state index contributed by atoms with van der Waals surface area (Å²) in [4.78, 5) is 10.6. The molecular formula is C17H23F2N5O2S. The Balaban J connectivity index is 1.98. The van der Waals surface area contributed by atoms with Crippen LogP contribution >= 0.6 is 11.3 Å². The maximum absolute atomic E-state index is 12.6. The molecule has 7 nitrogen and oxygen atoms in total. The molecule has 1 aromatic heterocycles. The molecule has 2 N–H and O–H groups in total. The lowest BCUT2D eigenvalue weighted by Gasteiger charge is -2.15. The van der Waals surface area contributed by atoms with Crippen LogP contribution < -0.4 is 25.0 Å². The van der Waals surface area contributed by atoms with Crippen LogP contribution in [-0.4, -0.2) is 45.8 Å². The summed E-state index contributed by atoms with van der Waals surface area (Å²) >= 11 is 1.55. The zero-order valence-electron chi connectivity index (χ0n) is 15.6. The number of nitrogens with zero attached hydrogens (tertiary/aromatic N) is 3. The molecule has 2 rings (SSSR count). The summed E-state index contributed by atoms with van der Waals surface area (Å²) in [5.41, 5.74) is 1.41. The van der Waals surface area contributed by atoms with Crippen molar-refractivity contribution in [2.45, 2.75) is 19.7 Å². The highest BCUT2D eigenvalue weighted by Gasteiger charge is 2.12. The minimum absolute atomic E-state index is 0.0869. The van der Waals surface area contributed by atoms with Gasteiger partial charge in [-0.25, -0.2) is 4.98 Å². The third-order valence-electron chi connectivity index (χ3n) is 3.51. The van der Waals surface area contributed by atoms with Gasteiger partial charge in [0.05, 0.1) is 19.3 Å². The average Bonchev–Trinajstić information content (AvgIpc) is 3.12. The molecule has 2 aromatic rings. The summed E-state index contributed by atoms with van der Waals surface area (Å²) in [6.07, 6.45) is 0. The summed E-state index contributed by atoms with van der Waals surface area (Å²) in [5.74, 6) is 1.15. The number of aliphatic imine (C=N–C) groups is 1. The Bertz CT molecular complexity index is 768. The van der Waals surface area contributed by atoms with Crippen LogP contribution in [0.3, 0.4) is 0 Å². The quantitative estimate of drug-likeness (QED) is 0.525. The normalized spacial score (nSPS) is 11.4. The number of ether oxygens (including phenoxy) is 2. The SMILES string of the molecule is CN=C(NCc1csc(N(C)C)n1)NCc1cc(OC)ccc1OC(F)F. The first kappa shape index (κ1) is 20.7. The number of rotatable bonds is 8. The van der Waals surface area contributed by atoms with Crippen molar-refractivity contribution in [3.63, 3.8) is 0 Å². The Morgan fingerprint density at radius 1 is 1.30 bits per heavy atom. The Morgan fingerprint density at radius 3 is 2.63 bits per heavy atom. The summed E-state index contributed by atoms with van der Waals surface area (Å²) in [7, 11) is 7.01. The molecule has 0 saturated heterocycles. The molecule has 10 heteroatoms. The highest BCUT2D eigenvalue weighted by molar-refractivity contribution is 7.13. The molecule has 0 fully saturated rings. The number of nitrogens with one attached hydrogen (secondary N) is 2. The number of thiazole rings is 1. The Kier molecular flexibility index (Phi) is 7.59. The third-order valence-corrected chi connectivity index (χ3v) is 4.57. The van der Waals surface area contributed by atoms with Crippen molar-refractivity contribution in [1.82, 2.24) is 15.6 Å². The van der Waals surface area contributed by atoms with E-state index in [2.05, 4.69) is 25.3 Å². The van der Waals surface area contributed by atoms with Gasteiger partial charge in [0.1, 0.15) is 11.5 Å². The van der Waals surface area contributed by atoms with E-state index in [1.165, 1.54) is 13.2 Å². The zero-order valence-corrected chi connectivity index (χ0v) is 16.4. The summed E-state index contributed by atoms with van der Waals surface area (Å²) in [6.45, 7) is -2.17. The molecular weight excluding hydrogens is 376 g/mol. The lowest BCUT2D eigenvalue weighted by molar-refractivity contribution is -0.0504. The fraction of sp³-hybridized carbons (Fsp3) is 0.412. The minimum Gasteiger partial charge on any atom is -0.497 e. The van der Waals surface area contributed by atoms with Gasteiger partial charge in [-0.15, -0.1) is 11.3 Å². The van der Waals surface area contributed by atoms with Crippen molar-refractivity contribution in [2.75, 3.05) is 33.2 Å². The average molecular weight is 399 g/mol. The molecule has 0 saturated carbocycles. The second-order valence-electron chi connectivity index (χ2n) is 5.65. The van der Waals surface area contributed by atoms with Crippen molar-refractivity contribution < 1.29 is 18.3 Å². The first-order valence-electron chi connectivity index (χ1n) is 8.11. The van der Waals surface area contributed by atoms with Gasteiger partial charge in [0, 0.05) is 38.6 Å². The highest BCUT2D eigenvalue weighted by Crippen LogP contribution is 2.25.